The van der Waals surface area contributed by atoms with Crippen molar-refractivity contribution in [2.75, 3.05) is 18.8 Å². The van der Waals surface area contributed by atoms with E-state index in [-0.39, 0.29) is 18.4 Å². The van der Waals surface area contributed by atoms with Crippen LogP contribution in [0.4, 0.5) is 5.69 Å². The molecule has 0 aliphatic heterocycles. The van der Waals surface area contributed by atoms with E-state index in [1.165, 1.54) is 6.07 Å². The lowest BCUT2D eigenvalue weighted by molar-refractivity contribution is -0.120. The third-order valence-corrected chi connectivity index (χ3v) is 2.37. The highest BCUT2D eigenvalue weighted by atomic mass is 35.5. The summed E-state index contributed by atoms with van der Waals surface area (Å²) in [5.41, 5.74) is 6.30. The number of hydrogen-bond acceptors (Lipinski definition) is 3. The predicted molar refractivity (Wildman–Crippen MR) is 66.9 cm³/mol. The van der Waals surface area contributed by atoms with Crippen molar-refractivity contribution in [3.8, 4) is 0 Å². The molecule has 0 unspecified atom stereocenters. The largest absolute Gasteiger partial charge is 0.398 e. The van der Waals surface area contributed by atoms with Crippen molar-refractivity contribution in [3.63, 3.8) is 0 Å². The molecule has 0 atom stereocenters. The number of likely N-dealkylation sites (N-methyl/N-ethyl adjacent to an activating group) is 1. The minimum Gasteiger partial charge on any atom is -0.398 e. The van der Waals surface area contributed by atoms with Crippen LogP contribution in [-0.4, -0.2) is 24.9 Å². The van der Waals surface area contributed by atoms with E-state index in [1.807, 2.05) is 0 Å². The Balaban J connectivity index is 2.58. The lowest BCUT2D eigenvalue weighted by Gasteiger charge is -2.06. The molecule has 1 rings (SSSR count). The zero-order valence-electron chi connectivity index (χ0n) is 9.42. The van der Waals surface area contributed by atoms with E-state index in [2.05, 4.69) is 10.6 Å². The third kappa shape index (κ3) is 3.96. The van der Waals surface area contributed by atoms with Gasteiger partial charge in [-0.2, -0.15) is 0 Å². The number of halogens is 1. The van der Waals surface area contributed by atoms with Gasteiger partial charge in [0.05, 0.1) is 17.3 Å². The molecule has 6 heteroatoms. The number of nitrogens with one attached hydrogen (secondary N) is 2. The fraction of sp³-hybridized carbons (Fsp3) is 0.273. The van der Waals surface area contributed by atoms with Crippen LogP contribution in [-0.2, 0) is 4.79 Å². The Morgan fingerprint density at radius 1 is 1.35 bits per heavy atom. The highest BCUT2D eigenvalue weighted by Gasteiger charge is 2.08. The Morgan fingerprint density at radius 3 is 2.65 bits per heavy atom. The van der Waals surface area contributed by atoms with Crippen LogP contribution in [0.3, 0.4) is 0 Å². The van der Waals surface area contributed by atoms with Crippen LogP contribution in [0.1, 0.15) is 17.3 Å². The fourth-order valence-electron chi connectivity index (χ4n) is 1.19. The first-order chi connectivity index (χ1) is 8.04. The second kappa shape index (κ2) is 6.10. The maximum Gasteiger partial charge on any atom is 0.251 e. The van der Waals surface area contributed by atoms with Gasteiger partial charge in [0.15, 0.2) is 0 Å². The molecule has 0 bridgehead atoms. The van der Waals surface area contributed by atoms with E-state index >= 15 is 0 Å². The molecule has 0 aliphatic carbocycles. The van der Waals surface area contributed by atoms with Crippen molar-refractivity contribution >= 4 is 29.1 Å². The molecule has 0 aromatic heterocycles. The molecule has 0 spiro atoms. The summed E-state index contributed by atoms with van der Waals surface area (Å²) >= 11 is 5.79. The topological polar surface area (TPSA) is 84.2 Å². The molecule has 4 N–H and O–H groups in total. The van der Waals surface area contributed by atoms with E-state index in [1.54, 1.807) is 19.1 Å². The Bertz CT molecular complexity index is 435. The molecule has 0 saturated heterocycles. The number of rotatable bonds is 4. The quantitative estimate of drug-likeness (QED) is 0.696. The minimum absolute atomic E-state index is 0.0608. The Hall–Kier alpha value is -1.75. The molecule has 0 aliphatic rings. The van der Waals surface area contributed by atoms with E-state index in [0.29, 0.717) is 22.8 Å². The van der Waals surface area contributed by atoms with Gasteiger partial charge in [0.25, 0.3) is 5.91 Å². The van der Waals surface area contributed by atoms with Crippen molar-refractivity contribution in [1.82, 2.24) is 10.6 Å². The first-order valence-corrected chi connectivity index (χ1v) is 5.52. The summed E-state index contributed by atoms with van der Waals surface area (Å²) < 4.78 is 0. The molecule has 0 radical (unpaired) electrons. The Labute approximate surface area is 104 Å². The van der Waals surface area contributed by atoms with Crippen molar-refractivity contribution in [1.29, 1.82) is 0 Å². The zero-order valence-corrected chi connectivity index (χ0v) is 10.2. The number of nitrogen functional groups attached to an aromatic ring is 1. The van der Waals surface area contributed by atoms with E-state index in [0.717, 1.165) is 0 Å². The van der Waals surface area contributed by atoms with Crippen molar-refractivity contribution in [2.45, 2.75) is 6.92 Å². The van der Waals surface area contributed by atoms with Crippen LogP contribution in [0.25, 0.3) is 0 Å². The standard InChI is InChI=1S/C11H14ClN3O2/c1-2-14-10(16)6-15-11(17)7-3-4-9(13)8(12)5-7/h3-5H,2,6,13H2,1H3,(H,14,16)(H,15,17). The number of nitrogens with two attached hydrogens (primary N) is 1. The summed E-state index contributed by atoms with van der Waals surface area (Å²) in [6.45, 7) is 2.27. The molecular formula is C11H14ClN3O2. The summed E-state index contributed by atoms with van der Waals surface area (Å²) in [5.74, 6) is -0.597. The molecule has 17 heavy (non-hydrogen) atoms. The third-order valence-electron chi connectivity index (χ3n) is 2.05. The van der Waals surface area contributed by atoms with Gasteiger partial charge in [-0.3, -0.25) is 9.59 Å². The summed E-state index contributed by atoms with van der Waals surface area (Å²) in [4.78, 5) is 22.8. The highest BCUT2D eigenvalue weighted by Crippen LogP contribution is 2.19. The molecule has 5 nitrogen and oxygen atoms in total. The number of amides is 2. The van der Waals surface area contributed by atoms with E-state index < -0.39 is 0 Å². The van der Waals surface area contributed by atoms with E-state index in [9.17, 15) is 9.59 Å². The molecular weight excluding hydrogens is 242 g/mol. The number of carbonyl (C=O) groups is 2. The second-order valence-electron chi connectivity index (χ2n) is 3.37. The van der Waals surface area contributed by atoms with Gasteiger partial charge in [0.1, 0.15) is 0 Å². The average Bonchev–Trinajstić information content (AvgIpc) is 2.30. The maximum absolute atomic E-state index is 11.6. The van der Waals surface area contributed by atoms with Gasteiger partial charge in [-0.25, -0.2) is 0 Å². The van der Waals surface area contributed by atoms with Crippen LogP contribution >= 0.6 is 11.6 Å². The lowest BCUT2D eigenvalue weighted by Crippen LogP contribution is -2.36. The number of anilines is 1. The summed E-state index contributed by atoms with van der Waals surface area (Å²) in [6.07, 6.45) is 0. The Morgan fingerprint density at radius 2 is 2.06 bits per heavy atom. The monoisotopic (exact) mass is 255 g/mol. The van der Waals surface area contributed by atoms with E-state index in [4.69, 9.17) is 17.3 Å². The summed E-state index contributed by atoms with van der Waals surface area (Å²) in [5, 5.41) is 5.37. The summed E-state index contributed by atoms with van der Waals surface area (Å²) in [6, 6.07) is 4.56. The van der Waals surface area contributed by atoms with Crippen LogP contribution in [0.15, 0.2) is 18.2 Å². The van der Waals surface area contributed by atoms with Gasteiger partial charge in [-0.1, -0.05) is 11.6 Å². The highest BCUT2D eigenvalue weighted by molar-refractivity contribution is 6.33. The lowest BCUT2D eigenvalue weighted by atomic mass is 10.2. The number of benzene rings is 1. The first-order valence-electron chi connectivity index (χ1n) is 5.14. The number of carbonyl (C=O) groups excluding carboxylic acids is 2. The van der Waals surface area contributed by atoms with Gasteiger partial charge in [-0.05, 0) is 25.1 Å². The van der Waals surface area contributed by atoms with Gasteiger partial charge < -0.3 is 16.4 Å². The molecule has 1 aromatic carbocycles. The second-order valence-corrected chi connectivity index (χ2v) is 3.78. The first kappa shape index (κ1) is 13.3. The Kier molecular flexibility index (Phi) is 4.78. The van der Waals surface area contributed by atoms with Crippen molar-refractivity contribution in [3.05, 3.63) is 28.8 Å². The van der Waals surface area contributed by atoms with Gasteiger partial charge in [-0.15, -0.1) is 0 Å². The SMILES string of the molecule is CCNC(=O)CNC(=O)c1ccc(N)c(Cl)c1. The average molecular weight is 256 g/mol. The smallest absolute Gasteiger partial charge is 0.251 e. The number of hydrogen-bond donors (Lipinski definition) is 3. The zero-order chi connectivity index (χ0) is 12.8. The van der Waals surface area contributed by atoms with Crippen LogP contribution in [0.2, 0.25) is 5.02 Å². The van der Waals surface area contributed by atoms with Crippen molar-refractivity contribution < 1.29 is 9.59 Å². The van der Waals surface area contributed by atoms with Gasteiger partial charge in [0.2, 0.25) is 5.91 Å². The fourth-order valence-corrected chi connectivity index (χ4v) is 1.37. The van der Waals surface area contributed by atoms with Gasteiger partial charge >= 0.3 is 0 Å². The molecule has 0 heterocycles. The normalized spacial score (nSPS) is 9.76. The van der Waals surface area contributed by atoms with Crippen LogP contribution in [0, 0.1) is 0 Å². The summed E-state index contributed by atoms with van der Waals surface area (Å²) in [7, 11) is 0. The molecule has 1 aromatic rings. The minimum atomic E-state index is -0.363. The molecule has 0 saturated carbocycles. The van der Waals surface area contributed by atoms with Gasteiger partial charge in [0, 0.05) is 12.1 Å². The maximum atomic E-state index is 11.6. The molecule has 2 amide bonds. The molecule has 92 valence electrons. The van der Waals surface area contributed by atoms with Crippen LogP contribution in [0.5, 0.6) is 0 Å². The predicted octanol–water partition coefficient (Wildman–Crippen LogP) is 0.788. The van der Waals surface area contributed by atoms with Crippen LogP contribution < -0.4 is 16.4 Å². The van der Waals surface area contributed by atoms with Crippen molar-refractivity contribution in [2.24, 2.45) is 0 Å². The molecule has 0 fully saturated rings.